The number of aryl methyl sites for hydroxylation is 1. The highest BCUT2D eigenvalue weighted by Gasteiger charge is 2.34. The molecule has 1 fully saturated rings. The molecule has 0 bridgehead atoms. The van der Waals surface area contributed by atoms with Crippen molar-refractivity contribution in [2.24, 2.45) is 0 Å². The summed E-state index contributed by atoms with van der Waals surface area (Å²) in [5.74, 6) is 1.68. The lowest BCUT2D eigenvalue weighted by Gasteiger charge is -2.30. The lowest BCUT2D eigenvalue weighted by atomic mass is 10.00. The standard InChI is InChI=1S/C22H25N3O5S/c1-16-10-11-19(28-2)20(13-16)31(26,27)25-12-6-7-17(14-25)22-24-23-21(30-22)15-29-18-8-4-3-5-9-18/h3-5,8-11,13,17H,6-7,12,14-15H2,1-2H3/t17-/m1/s1. The van der Waals surface area contributed by atoms with Gasteiger partial charge in [0.15, 0.2) is 6.61 Å². The Labute approximate surface area is 181 Å². The van der Waals surface area contributed by atoms with Crippen molar-refractivity contribution in [2.45, 2.75) is 37.2 Å². The molecule has 164 valence electrons. The van der Waals surface area contributed by atoms with E-state index in [0.29, 0.717) is 36.2 Å². The summed E-state index contributed by atoms with van der Waals surface area (Å²) in [7, 11) is -2.24. The van der Waals surface area contributed by atoms with Gasteiger partial charge in [-0.25, -0.2) is 8.42 Å². The SMILES string of the molecule is COc1ccc(C)cc1S(=O)(=O)N1CCC[C@@H](c2nnc(COc3ccccc3)o2)C1. The quantitative estimate of drug-likeness (QED) is 0.551. The van der Waals surface area contributed by atoms with Gasteiger partial charge in [0.25, 0.3) is 5.89 Å². The molecule has 0 unspecified atom stereocenters. The van der Waals surface area contributed by atoms with Crippen LogP contribution in [0.1, 0.15) is 36.1 Å². The number of aromatic nitrogens is 2. The van der Waals surface area contributed by atoms with Gasteiger partial charge in [0, 0.05) is 13.1 Å². The molecular weight excluding hydrogens is 418 g/mol. The Bertz CT molecular complexity index is 1130. The predicted octanol–water partition coefficient (Wildman–Crippen LogP) is 3.53. The van der Waals surface area contributed by atoms with E-state index in [1.165, 1.54) is 11.4 Å². The molecule has 0 N–H and O–H groups in total. The van der Waals surface area contributed by atoms with Gasteiger partial charge in [-0.15, -0.1) is 10.2 Å². The largest absolute Gasteiger partial charge is 0.495 e. The van der Waals surface area contributed by atoms with E-state index in [-0.39, 0.29) is 24.0 Å². The van der Waals surface area contributed by atoms with Crippen molar-refractivity contribution >= 4 is 10.0 Å². The third-order valence-corrected chi connectivity index (χ3v) is 7.14. The second-order valence-corrected chi connectivity index (χ2v) is 9.40. The summed E-state index contributed by atoms with van der Waals surface area (Å²) < 4.78 is 44.8. The molecule has 0 aliphatic carbocycles. The molecule has 1 aliphatic rings. The number of para-hydroxylation sites is 1. The number of ether oxygens (including phenoxy) is 2. The smallest absolute Gasteiger partial charge is 0.253 e. The van der Waals surface area contributed by atoms with Gasteiger partial charge in [0.1, 0.15) is 16.4 Å². The maximum atomic E-state index is 13.3. The van der Waals surface area contributed by atoms with Crippen LogP contribution < -0.4 is 9.47 Å². The van der Waals surface area contributed by atoms with Crippen LogP contribution in [0.25, 0.3) is 0 Å². The first-order valence-electron chi connectivity index (χ1n) is 10.1. The van der Waals surface area contributed by atoms with Crippen molar-refractivity contribution in [3.05, 3.63) is 65.9 Å². The van der Waals surface area contributed by atoms with E-state index in [4.69, 9.17) is 13.9 Å². The molecule has 9 heteroatoms. The fourth-order valence-corrected chi connectivity index (χ4v) is 5.40. The number of piperidine rings is 1. The number of sulfonamides is 1. The fourth-order valence-electron chi connectivity index (χ4n) is 3.64. The first-order chi connectivity index (χ1) is 15.0. The Morgan fingerprint density at radius 2 is 1.97 bits per heavy atom. The molecule has 2 heterocycles. The number of benzene rings is 2. The van der Waals surface area contributed by atoms with Crippen LogP contribution in [-0.4, -0.2) is 43.1 Å². The maximum absolute atomic E-state index is 13.3. The Morgan fingerprint density at radius 1 is 1.16 bits per heavy atom. The molecule has 2 aromatic carbocycles. The Hall–Kier alpha value is -2.91. The number of hydrogen-bond donors (Lipinski definition) is 0. The summed E-state index contributed by atoms with van der Waals surface area (Å²) in [5.41, 5.74) is 0.855. The topological polar surface area (TPSA) is 94.8 Å². The molecule has 0 saturated carbocycles. The van der Waals surface area contributed by atoms with E-state index in [0.717, 1.165) is 12.0 Å². The van der Waals surface area contributed by atoms with Gasteiger partial charge in [-0.3, -0.25) is 0 Å². The minimum Gasteiger partial charge on any atom is -0.495 e. The van der Waals surface area contributed by atoms with Crippen molar-refractivity contribution in [2.75, 3.05) is 20.2 Å². The van der Waals surface area contributed by atoms with Crippen LogP contribution in [0.2, 0.25) is 0 Å². The first kappa shape index (κ1) is 21.3. The van der Waals surface area contributed by atoms with Crippen LogP contribution in [0.15, 0.2) is 57.8 Å². The van der Waals surface area contributed by atoms with Crippen LogP contribution in [0.4, 0.5) is 0 Å². The zero-order valence-corrected chi connectivity index (χ0v) is 18.3. The van der Waals surface area contributed by atoms with E-state index in [2.05, 4.69) is 10.2 Å². The maximum Gasteiger partial charge on any atom is 0.253 e. The highest BCUT2D eigenvalue weighted by Crippen LogP contribution is 2.33. The minimum absolute atomic E-state index is 0.159. The number of hydrogen-bond acceptors (Lipinski definition) is 7. The highest BCUT2D eigenvalue weighted by molar-refractivity contribution is 7.89. The first-order valence-corrected chi connectivity index (χ1v) is 11.6. The predicted molar refractivity (Wildman–Crippen MR) is 114 cm³/mol. The summed E-state index contributed by atoms with van der Waals surface area (Å²) >= 11 is 0. The molecule has 31 heavy (non-hydrogen) atoms. The molecular formula is C22H25N3O5S. The summed E-state index contributed by atoms with van der Waals surface area (Å²) in [6.07, 6.45) is 1.48. The molecule has 1 aliphatic heterocycles. The second-order valence-electron chi connectivity index (χ2n) is 7.49. The second kappa shape index (κ2) is 9.07. The van der Waals surface area contributed by atoms with Gasteiger partial charge >= 0.3 is 0 Å². The molecule has 0 radical (unpaired) electrons. The van der Waals surface area contributed by atoms with E-state index >= 15 is 0 Å². The normalized spacial score (nSPS) is 17.4. The van der Waals surface area contributed by atoms with Gasteiger partial charge in [-0.2, -0.15) is 4.31 Å². The Morgan fingerprint density at radius 3 is 2.74 bits per heavy atom. The third-order valence-electron chi connectivity index (χ3n) is 5.26. The monoisotopic (exact) mass is 443 g/mol. The molecule has 3 aromatic rings. The molecule has 1 aromatic heterocycles. The van der Waals surface area contributed by atoms with Crippen LogP contribution in [0.3, 0.4) is 0 Å². The summed E-state index contributed by atoms with van der Waals surface area (Å²) in [5, 5.41) is 8.21. The molecule has 0 spiro atoms. The molecule has 8 nitrogen and oxygen atoms in total. The van der Waals surface area contributed by atoms with Gasteiger partial charge in [0.05, 0.1) is 13.0 Å². The van der Waals surface area contributed by atoms with E-state index in [1.54, 1.807) is 12.1 Å². The van der Waals surface area contributed by atoms with Crippen LogP contribution in [-0.2, 0) is 16.6 Å². The Balaban J connectivity index is 1.48. The number of nitrogens with zero attached hydrogens (tertiary/aromatic N) is 3. The van der Waals surface area contributed by atoms with E-state index in [1.807, 2.05) is 43.3 Å². The van der Waals surface area contributed by atoms with Crippen LogP contribution >= 0.6 is 0 Å². The molecule has 1 saturated heterocycles. The Kier molecular flexibility index (Phi) is 6.24. The lowest BCUT2D eigenvalue weighted by molar-refractivity contribution is 0.243. The lowest BCUT2D eigenvalue weighted by Crippen LogP contribution is -2.39. The number of methoxy groups -OCH3 is 1. The molecule has 4 rings (SSSR count). The average Bonchev–Trinajstić information content (AvgIpc) is 3.28. The van der Waals surface area contributed by atoms with Gasteiger partial charge in [-0.1, -0.05) is 24.3 Å². The summed E-state index contributed by atoms with van der Waals surface area (Å²) in [4.78, 5) is 0.179. The summed E-state index contributed by atoms with van der Waals surface area (Å²) in [6.45, 7) is 2.73. The third kappa shape index (κ3) is 4.72. The van der Waals surface area contributed by atoms with Gasteiger partial charge in [0.2, 0.25) is 15.9 Å². The van der Waals surface area contributed by atoms with Crippen molar-refractivity contribution in [1.29, 1.82) is 0 Å². The van der Waals surface area contributed by atoms with Gasteiger partial charge < -0.3 is 13.9 Å². The average molecular weight is 444 g/mol. The zero-order valence-electron chi connectivity index (χ0n) is 17.5. The van der Waals surface area contributed by atoms with Crippen molar-refractivity contribution in [3.8, 4) is 11.5 Å². The molecule has 0 amide bonds. The van der Waals surface area contributed by atoms with Crippen molar-refractivity contribution < 1.29 is 22.3 Å². The van der Waals surface area contributed by atoms with Crippen molar-refractivity contribution in [3.63, 3.8) is 0 Å². The molecule has 1 atom stereocenters. The van der Waals surface area contributed by atoms with Crippen LogP contribution in [0.5, 0.6) is 11.5 Å². The van der Waals surface area contributed by atoms with Gasteiger partial charge in [-0.05, 0) is 49.6 Å². The zero-order chi connectivity index (χ0) is 21.8. The summed E-state index contributed by atoms with van der Waals surface area (Å²) in [6, 6.07) is 14.5. The van der Waals surface area contributed by atoms with Crippen molar-refractivity contribution in [1.82, 2.24) is 14.5 Å². The van der Waals surface area contributed by atoms with Crippen LogP contribution in [0, 0.1) is 6.92 Å². The minimum atomic E-state index is -3.71. The van der Waals surface area contributed by atoms with E-state index in [9.17, 15) is 8.42 Å². The number of rotatable bonds is 7. The van der Waals surface area contributed by atoms with E-state index < -0.39 is 10.0 Å². The highest BCUT2D eigenvalue weighted by atomic mass is 32.2. The fraction of sp³-hybridized carbons (Fsp3) is 0.364.